The summed E-state index contributed by atoms with van der Waals surface area (Å²) in [5.74, 6) is -0.264. The van der Waals surface area contributed by atoms with E-state index < -0.39 is 6.09 Å². The third kappa shape index (κ3) is 15.5. The largest absolute Gasteiger partial charge is 0.463 e. The van der Waals surface area contributed by atoms with Crippen LogP contribution in [-0.2, 0) is 47.4 Å². The van der Waals surface area contributed by atoms with Gasteiger partial charge in [0.1, 0.15) is 13.2 Å². The second-order valence-electron chi connectivity index (χ2n) is 10.2. The molecule has 2 aromatic carbocycles. The summed E-state index contributed by atoms with van der Waals surface area (Å²) in [7, 11) is 0. The van der Waals surface area contributed by atoms with Crippen LogP contribution in [-0.4, -0.2) is 124 Å². The van der Waals surface area contributed by atoms with Crippen molar-refractivity contribution in [3.63, 3.8) is 0 Å². The number of alkyl carbamates (subject to hydrolysis) is 1. The van der Waals surface area contributed by atoms with Crippen LogP contribution in [0.5, 0.6) is 0 Å². The van der Waals surface area contributed by atoms with Crippen LogP contribution in [0.1, 0.15) is 30.4 Å². The fourth-order valence-electron chi connectivity index (χ4n) is 4.68. The van der Waals surface area contributed by atoms with Crippen LogP contribution in [0.3, 0.4) is 0 Å². The lowest BCUT2D eigenvalue weighted by Crippen LogP contribution is -2.27. The summed E-state index contributed by atoms with van der Waals surface area (Å²) in [6.45, 7) is 8.98. The first kappa shape index (κ1) is 37.4. The number of benzene rings is 2. The minimum absolute atomic E-state index is 0.0500. The Hall–Kier alpha value is -3.10. The van der Waals surface area contributed by atoms with Gasteiger partial charge in [0, 0.05) is 26.0 Å². The fraction of sp³-hybridized carbons (Fsp3) is 0.588. The number of hydrogen-bond donors (Lipinski definition) is 1. The van der Waals surface area contributed by atoms with Gasteiger partial charge in [-0.3, -0.25) is 4.79 Å². The molecule has 0 heterocycles. The molecule has 1 N–H and O–H groups in total. The van der Waals surface area contributed by atoms with Crippen LogP contribution in [0, 0.1) is 0 Å². The van der Waals surface area contributed by atoms with Crippen molar-refractivity contribution in [2.24, 2.45) is 0 Å². The third-order valence-corrected chi connectivity index (χ3v) is 6.84. The van der Waals surface area contributed by atoms with Crippen molar-refractivity contribution in [3.8, 4) is 11.1 Å². The summed E-state index contributed by atoms with van der Waals surface area (Å²) in [5, 5.41) is 2.80. The average Bonchev–Trinajstić information content (AvgIpc) is 3.38. The van der Waals surface area contributed by atoms with Gasteiger partial charge in [-0.15, -0.1) is 0 Å². The summed E-state index contributed by atoms with van der Waals surface area (Å²) < 4.78 is 48.4. The number of fused-ring (bicyclic) bond motifs is 3. The van der Waals surface area contributed by atoms with Gasteiger partial charge in [-0.2, -0.15) is 0 Å². The van der Waals surface area contributed by atoms with E-state index in [1.54, 1.807) is 0 Å². The second kappa shape index (κ2) is 24.1. The molecule has 0 saturated heterocycles. The van der Waals surface area contributed by atoms with E-state index in [4.69, 9.17) is 42.6 Å². The average molecular weight is 648 g/mol. The molecule has 0 unspecified atom stereocenters. The van der Waals surface area contributed by atoms with Gasteiger partial charge in [0.25, 0.3) is 0 Å². The Balaban J connectivity index is 1.01. The molecule has 0 atom stereocenters. The maximum absolute atomic E-state index is 12.2. The molecule has 12 nitrogen and oxygen atoms in total. The van der Waals surface area contributed by atoms with Crippen molar-refractivity contribution in [1.82, 2.24) is 5.32 Å². The minimum atomic E-state index is -0.417. The molecule has 0 bridgehead atoms. The predicted octanol–water partition coefficient (Wildman–Crippen LogP) is 3.59. The highest BCUT2D eigenvalue weighted by Gasteiger charge is 2.28. The number of carbonyl (C=O) groups excluding carboxylic acids is 2. The van der Waals surface area contributed by atoms with Crippen molar-refractivity contribution in [2.45, 2.75) is 19.3 Å². The lowest BCUT2D eigenvalue weighted by molar-refractivity contribution is -0.142. The van der Waals surface area contributed by atoms with Crippen molar-refractivity contribution in [1.29, 1.82) is 0 Å². The number of ether oxygens (including phenoxy) is 9. The number of nitrogens with one attached hydrogen (secondary N) is 1. The third-order valence-electron chi connectivity index (χ3n) is 6.84. The van der Waals surface area contributed by atoms with Gasteiger partial charge in [0.2, 0.25) is 0 Å². The molecule has 1 aliphatic carbocycles. The number of esters is 1. The van der Waals surface area contributed by atoms with Crippen molar-refractivity contribution >= 4 is 12.1 Å². The Labute approximate surface area is 271 Å². The second-order valence-corrected chi connectivity index (χ2v) is 10.2. The van der Waals surface area contributed by atoms with Gasteiger partial charge in [-0.1, -0.05) is 48.5 Å². The normalized spacial score (nSPS) is 12.1. The molecular formula is C34H49NO11. The maximum atomic E-state index is 12.2. The number of rotatable bonds is 27. The van der Waals surface area contributed by atoms with E-state index in [0.717, 1.165) is 0 Å². The molecule has 3 rings (SSSR count). The minimum Gasteiger partial charge on any atom is -0.463 e. The van der Waals surface area contributed by atoms with E-state index in [-0.39, 0.29) is 18.5 Å². The van der Waals surface area contributed by atoms with Crippen LogP contribution in [0.15, 0.2) is 48.5 Å². The highest BCUT2D eigenvalue weighted by atomic mass is 16.6. The molecule has 1 amide bonds. The lowest BCUT2D eigenvalue weighted by atomic mass is 9.98. The molecule has 0 spiro atoms. The first-order valence-electron chi connectivity index (χ1n) is 15.9. The highest BCUT2D eigenvalue weighted by molar-refractivity contribution is 5.79. The first-order valence-corrected chi connectivity index (χ1v) is 15.9. The predicted molar refractivity (Wildman–Crippen MR) is 170 cm³/mol. The molecule has 0 aliphatic heterocycles. The van der Waals surface area contributed by atoms with Gasteiger partial charge in [0.05, 0.1) is 85.9 Å². The SMILES string of the molecule is CC(=O)OCCOCCOCCOCCOCCOCCOCCOCCCNC(=O)OCC1c2ccccc2-c2ccccc21. The molecular weight excluding hydrogens is 598 g/mol. The van der Waals surface area contributed by atoms with Crippen LogP contribution in [0.2, 0.25) is 0 Å². The van der Waals surface area contributed by atoms with Crippen LogP contribution >= 0.6 is 0 Å². The lowest BCUT2D eigenvalue weighted by Gasteiger charge is -2.14. The monoisotopic (exact) mass is 647 g/mol. The van der Waals surface area contributed by atoms with E-state index in [0.29, 0.717) is 112 Å². The molecule has 0 fully saturated rings. The van der Waals surface area contributed by atoms with E-state index in [1.165, 1.54) is 29.2 Å². The summed E-state index contributed by atoms with van der Waals surface area (Å²) in [6, 6.07) is 16.5. The van der Waals surface area contributed by atoms with Gasteiger partial charge >= 0.3 is 12.1 Å². The standard InChI is InChI=1S/C34H49NO11/c1-28(36)45-26-25-44-24-23-43-22-21-42-20-19-41-18-17-40-16-15-39-14-13-38-12-6-11-35-34(37)46-27-33-31-9-4-2-7-29(31)30-8-3-5-10-32(30)33/h2-5,7-10,33H,6,11-27H2,1H3,(H,35,37). The summed E-state index contributed by atoms with van der Waals surface area (Å²) in [6.07, 6.45) is 0.266. The van der Waals surface area contributed by atoms with Crippen molar-refractivity contribution in [3.05, 3.63) is 59.7 Å². The van der Waals surface area contributed by atoms with Gasteiger partial charge in [-0.25, -0.2) is 4.79 Å². The zero-order chi connectivity index (χ0) is 32.5. The maximum Gasteiger partial charge on any atom is 0.407 e. The number of hydrogen-bond acceptors (Lipinski definition) is 11. The fourth-order valence-corrected chi connectivity index (χ4v) is 4.68. The Bertz CT molecular complexity index is 1070. The van der Waals surface area contributed by atoms with Crippen LogP contribution in [0.4, 0.5) is 4.79 Å². The smallest absolute Gasteiger partial charge is 0.407 e. The molecule has 0 saturated carbocycles. The van der Waals surface area contributed by atoms with Gasteiger partial charge in [0.15, 0.2) is 0 Å². The Morgan fingerprint density at radius 3 is 1.37 bits per heavy atom. The molecule has 0 radical (unpaired) electrons. The van der Waals surface area contributed by atoms with Crippen molar-refractivity contribution in [2.75, 3.05) is 112 Å². The topological polar surface area (TPSA) is 129 Å². The zero-order valence-corrected chi connectivity index (χ0v) is 26.9. The number of amides is 1. The summed E-state index contributed by atoms with van der Waals surface area (Å²) >= 11 is 0. The Morgan fingerprint density at radius 2 is 0.935 bits per heavy atom. The van der Waals surface area contributed by atoms with E-state index in [9.17, 15) is 9.59 Å². The van der Waals surface area contributed by atoms with E-state index >= 15 is 0 Å². The van der Waals surface area contributed by atoms with Crippen LogP contribution < -0.4 is 5.32 Å². The molecule has 2 aromatic rings. The zero-order valence-electron chi connectivity index (χ0n) is 26.9. The molecule has 46 heavy (non-hydrogen) atoms. The van der Waals surface area contributed by atoms with E-state index in [1.807, 2.05) is 24.3 Å². The van der Waals surface area contributed by atoms with Crippen LogP contribution in [0.25, 0.3) is 11.1 Å². The molecule has 256 valence electrons. The molecule has 1 aliphatic rings. The Morgan fingerprint density at radius 1 is 0.543 bits per heavy atom. The first-order chi connectivity index (χ1) is 22.7. The molecule has 0 aromatic heterocycles. The summed E-state index contributed by atoms with van der Waals surface area (Å²) in [5.41, 5.74) is 4.80. The van der Waals surface area contributed by atoms with Crippen molar-refractivity contribution < 1.29 is 52.2 Å². The number of carbonyl (C=O) groups is 2. The summed E-state index contributed by atoms with van der Waals surface area (Å²) in [4.78, 5) is 22.8. The highest BCUT2D eigenvalue weighted by Crippen LogP contribution is 2.44. The Kier molecular flexibility index (Phi) is 19.6. The molecule has 12 heteroatoms. The van der Waals surface area contributed by atoms with Gasteiger partial charge in [-0.05, 0) is 28.7 Å². The van der Waals surface area contributed by atoms with E-state index in [2.05, 4.69) is 29.6 Å². The van der Waals surface area contributed by atoms with Gasteiger partial charge < -0.3 is 47.9 Å². The quantitative estimate of drug-likeness (QED) is 0.113.